The summed E-state index contributed by atoms with van der Waals surface area (Å²) in [5.41, 5.74) is -1.12. The van der Waals surface area contributed by atoms with E-state index in [1.165, 1.54) is 0 Å². The zero-order valence-corrected chi connectivity index (χ0v) is 12.8. The highest BCUT2D eigenvalue weighted by atomic mass is 28.4. The molecule has 0 fully saturated rings. The highest BCUT2D eigenvalue weighted by Gasteiger charge is 2.40. The Morgan fingerprint density at radius 3 is 1.88 bits per heavy atom. The van der Waals surface area contributed by atoms with Gasteiger partial charge < -0.3 is 14.6 Å². The summed E-state index contributed by atoms with van der Waals surface area (Å²) in [5.74, 6) is -0.0118. The molecule has 0 aliphatic rings. The van der Waals surface area contributed by atoms with Crippen molar-refractivity contribution in [1.29, 1.82) is 0 Å². The van der Waals surface area contributed by atoms with Gasteiger partial charge in [0.1, 0.15) is 5.60 Å². The Kier molecular flexibility index (Phi) is 5.20. The van der Waals surface area contributed by atoms with Crippen LogP contribution in [-0.4, -0.2) is 37.3 Å². The summed E-state index contributed by atoms with van der Waals surface area (Å²) in [6.45, 7) is 14.5. The Morgan fingerprint density at radius 1 is 1.19 bits per heavy atom. The second-order valence-corrected chi connectivity index (χ2v) is 11.3. The monoisotopic (exact) mass is 248 g/mol. The Bertz CT molecular complexity index is 216. The van der Waals surface area contributed by atoms with E-state index in [9.17, 15) is 10.2 Å². The summed E-state index contributed by atoms with van der Waals surface area (Å²) in [4.78, 5) is 0. The van der Waals surface area contributed by atoms with Crippen LogP contribution in [0.3, 0.4) is 0 Å². The largest absolute Gasteiger partial charge is 0.414 e. The molecule has 16 heavy (non-hydrogen) atoms. The Labute approximate surface area is 101 Å². The molecule has 0 aliphatic heterocycles. The van der Waals surface area contributed by atoms with Crippen molar-refractivity contribution in [3.63, 3.8) is 0 Å². The van der Waals surface area contributed by atoms with Gasteiger partial charge in [0.05, 0.1) is 13.2 Å². The van der Waals surface area contributed by atoms with Crippen LogP contribution in [0, 0.1) is 5.92 Å². The lowest BCUT2D eigenvalue weighted by Gasteiger charge is -2.40. The summed E-state index contributed by atoms with van der Waals surface area (Å²) in [6.07, 6.45) is 0. The highest BCUT2D eigenvalue weighted by Crippen LogP contribution is 2.37. The molecular weight excluding hydrogens is 220 g/mol. The van der Waals surface area contributed by atoms with Crippen molar-refractivity contribution in [2.75, 3.05) is 13.2 Å². The van der Waals surface area contributed by atoms with Crippen LogP contribution >= 0.6 is 0 Å². The summed E-state index contributed by atoms with van der Waals surface area (Å²) < 4.78 is 5.94. The van der Waals surface area contributed by atoms with Crippen LogP contribution in [0.25, 0.3) is 0 Å². The van der Waals surface area contributed by atoms with Gasteiger partial charge in [-0.1, -0.05) is 34.6 Å². The van der Waals surface area contributed by atoms with Crippen LogP contribution in [0.1, 0.15) is 34.6 Å². The van der Waals surface area contributed by atoms with Crippen LogP contribution in [-0.2, 0) is 4.43 Å². The zero-order chi connectivity index (χ0) is 13.2. The van der Waals surface area contributed by atoms with Crippen molar-refractivity contribution in [1.82, 2.24) is 0 Å². The third kappa shape index (κ3) is 3.84. The summed E-state index contributed by atoms with van der Waals surface area (Å²) >= 11 is 0. The van der Waals surface area contributed by atoms with Crippen molar-refractivity contribution in [3.8, 4) is 0 Å². The second-order valence-electron chi connectivity index (χ2n) is 6.47. The number of rotatable bonds is 5. The maximum Gasteiger partial charge on any atom is 0.192 e. The molecule has 0 amide bonds. The fourth-order valence-corrected chi connectivity index (χ4v) is 1.96. The number of aliphatic hydroxyl groups is 2. The van der Waals surface area contributed by atoms with Gasteiger partial charge >= 0.3 is 0 Å². The van der Waals surface area contributed by atoms with Gasteiger partial charge in [-0.05, 0) is 24.1 Å². The molecule has 0 unspecified atom stereocenters. The Balaban J connectivity index is 4.55. The molecule has 0 aromatic heterocycles. The lowest BCUT2D eigenvalue weighted by molar-refractivity contribution is -0.0825. The van der Waals surface area contributed by atoms with Crippen LogP contribution in [0.15, 0.2) is 0 Å². The van der Waals surface area contributed by atoms with Crippen molar-refractivity contribution in [3.05, 3.63) is 0 Å². The molecule has 3 nitrogen and oxygen atoms in total. The average molecular weight is 248 g/mol. The van der Waals surface area contributed by atoms with E-state index in [1.807, 2.05) is 13.8 Å². The molecule has 1 atom stereocenters. The predicted molar refractivity (Wildman–Crippen MR) is 70.0 cm³/mol. The first-order chi connectivity index (χ1) is 6.96. The maximum absolute atomic E-state index is 10.2. The van der Waals surface area contributed by atoms with Gasteiger partial charge in [0.15, 0.2) is 8.32 Å². The summed E-state index contributed by atoms with van der Waals surface area (Å²) in [6, 6.07) is 0. The molecule has 98 valence electrons. The van der Waals surface area contributed by atoms with Gasteiger partial charge in [0.25, 0.3) is 0 Å². The van der Waals surface area contributed by atoms with E-state index >= 15 is 0 Å². The van der Waals surface area contributed by atoms with E-state index in [0.29, 0.717) is 0 Å². The minimum absolute atomic E-state index is 0.0118. The summed E-state index contributed by atoms with van der Waals surface area (Å²) in [5, 5.41) is 19.5. The molecule has 0 rings (SSSR count). The average Bonchev–Trinajstić information content (AvgIpc) is 2.12. The van der Waals surface area contributed by atoms with Crippen LogP contribution < -0.4 is 0 Å². The van der Waals surface area contributed by atoms with Crippen LogP contribution in [0.2, 0.25) is 18.1 Å². The number of aliphatic hydroxyl groups excluding tert-OH is 1. The van der Waals surface area contributed by atoms with Crippen LogP contribution in [0.5, 0.6) is 0 Å². The fourth-order valence-electron chi connectivity index (χ4n) is 0.917. The van der Waals surface area contributed by atoms with E-state index in [4.69, 9.17) is 4.43 Å². The minimum atomic E-state index is -1.85. The molecule has 0 heterocycles. The molecule has 0 aliphatic carbocycles. The Hall–Kier alpha value is 0.0969. The predicted octanol–water partition coefficient (Wildman–Crippen LogP) is 2.39. The van der Waals surface area contributed by atoms with Gasteiger partial charge in [-0.3, -0.25) is 0 Å². The minimum Gasteiger partial charge on any atom is -0.414 e. The topological polar surface area (TPSA) is 49.7 Å². The number of hydrogen-bond acceptors (Lipinski definition) is 3. The first-order valence-corrected chi connectivity index (χ1v) is 8.84. The molecule has 0 bridgehead atoms. The lowest BCUT2D eigenvalue weighted by Crippen LogP contribution is -2.50. The molecule has 0 aromatic carbocycles. The molecular formula is C12H28O3Si. The van der Waals surface area contributed by atoms with Crippen molar-refractivity contribution in [2.24, 2.45) is 5.92 Å². The van der Waals surface area contributed by atoms with Gasteiger partial charge in [-0.15, -0.1) is 0 Å². The Morgan fingerprint density at radius 2 is 1.62 bits per heavy atom. The molecule has 0 saturated carbocycles. The van der Waals surface area contributed by atoms with Gasteiger partial charge in [-0.2, -0.15) is 0 Å². The van der Waals surface area contributed by atoms with E-state index in [0.717, 1.165) is 0 Å². The quantitative estimate of drug-likeness (QED) is 0.735. The van der Waals surface area contributed by atoms with Crippen LogP contribution in [0.4, 0.5) is 0 Å². The van der Waals surface area contributed by atoms with E-state index in [-0.39, 0.29) is 24.2 Å². The standard InChI is InChI=1S/C12H28O3Si/c1-10(2)12(14,8-13)9-15-16(6,7)11(3,4)5/h10,13-14H,8-9H2,1-7H3/t12-/m1/s1. The maximum atomic E-state index is 10.2. The second kappa shape index (κ2) is 5.17. The van der Waals surface area contributed by atoms with E-state index in [2.05, 4.69) is 33.9 Å². The van der Waals surface area contributed by atoms with Crippen molar-refractivity contribution < 1.29 is 14.6 Å². The molecule has 2 N–H and O–H groups in total. The molecule has 0 saturated heterocycles. The summed E-state index contributed by atoms with van der Waals surface area (Å²) in [7, 11) is -1.85. The number of hydrogen-bond donors (Lipinski definition) is 2. The molecule has 0 radical (unpaired) electrons. The third-order valence-electron chi connectivity index (χ3n) is 3.84. The molecule has 0 spiro atoms. The van der Waals surface area contributed by atoms with E-state index < -0.39 is 13.9 Å². The van der Waals surface area contributed by atoms with Crippen molar-refractivity contribution >= 4 is 8.32 Å². The van der Waals surface area contributed by atoms with Gasteiger partial charge in [0, 0.05) is 0 Å². The highest BCUT2D eigenvalue weighted by molar-refractivity contribution is 6.74. The fraction of sp³-hybridized carbons (Fsp3) is 1.00. The normalized spacial score (nSPS) is 17.6. The zero-order valence-electron chi connectivity index (χ0n) is 11.8. The molecule has 4 heteroatoms. The first kappa shape index (κ1) is 16.1. The smallest absolute Gasteiger partial charge is 0.192 e. The van der Waals surface area contributed by atoms with E-state index in [1.54, 1.807) is 0 Å². The SMILES string of the molecule is CC(C)[C@@](O)(CO)CO[Si](C)(C)C(C)(C)C. The lowest BCUT2D eigenvalue weighted by atomic mass is 9.92. The van der Waals surface area contributed by atoms with Gasteiger partial charge in [-0.25, -0.2) is 0 Å². The molecule has 0 aromatic rings. The van der Waals surface area contributed by atoms with Crippen molar-refractivity contribution in [2.45, 2.75) is 58.4 Å². The first-order valence-electron chi connectivity index (χ1n) is 5.93. The van der Waals surface area contributed by atoms with Gasteiger partial charge in [0.2, 0.25) is 0 Å². The third-order valence-corrected chi connectivity index (χ3v) is 8.32.